The van der Waals surface area contributed by atoms with Crippen LogP contribution in [-0.4, -0.2) is 29.4 Å². The summed E-state index contributed by atoms with van der Waals surface area (Å²) in [4.78, 5) is 24.5. The third-order valence-electron chi connectivity index (χ3n) is 4.95. The molecule has 5 nitrogen and oxygen atoms in total. The molecule has 0 saturated heterocycles. The normalized spacial score (nSPS) is 23.7. The SMILES string of the molecule is CC1CCCCC1NC(=O)CN1NC(c2ccc(Cl)cc2)=CCC1=O. The summed E-state index contributed by atoms with van der Waals surface area (Å²) in [7, 11) is 0. The number of hydrogen-bond acceptors (Lipinski definition) is 3. The van der Waals surface area contributed by atoms with Gasteiger partial charge < -0.3 is 5.32 Å². The molecule has 2 unspecified atom stereocenters. The van der Waals surface area contributed by atoms with Crippen LogP contribution in [0.25, 0.3) is 5.70 Å². The molecule has 1 aromatic carbocycles. The second kappa shape index (κ2) is 7.91. The topological polar surface area (TPSA) is 61.4 Å². The molecule has 0 bridgehead atoms. The third kappa shape index (κ3) is 4.54. The second-order valence-corrected chi connectivity index (χ2v) is 7.29. The van der Waals surface area contributed by atoms with E-state index in [-0.39, 0.29) is 30.8 Å². The number of carbonyl (C=O) groups is 2. The first-order valence-electron chi connectivity index (χ1n) is 8.85. The molecule has 25 heavy (non-hydrogen) atoms. The van der Waals surface area contributed by atoms with Crippen molar-refractivity contribution < 1.29 is 9.59 Å². The Kier molecular flexibility index (Phi) is 5.63. The smallest absolute Gasteiger partial charge is 0.245 e. The van der Waals surface area contributed by atoms with Crippen LogP contribution in [0.5, 0.6) is 0 Å². The van der Waals surface area contributed by atoms with E-state index in [9.17, 15) is 9.59 Å². The van der Waals surface area contributed by atoms with Crippen molar-refractivity contribution in [2.24, 2.45) is 5.92 Å². The maximum atomic E-state index is 12.4. The van der Waals surface area contributed by atoms with Gasteiger partial charge in [-0.05, 0) is 42.5 Å². The number of amides is 2. The van der Waals surface area contributed by atoms with E-state index >= 15 is 0 Å². The van der Waals surface area contributed by atoms with Gasteiger partial charge in [-0.15, -0.1) is 0 Å². The van der Waals surface area contributed by atoms with Gasteiger partial charge in [-0.25, -0.2) is 5.01 Å². The lowest BCUT2D eigenvalue weighted by molar-refractivity contribution is -0.138. The molecule has 1 aliphatic heterocycles. The Hall–Kier alpha value is -2.01. The molecule has 1 aromatic rings. The zero-order valence-corrected chi connectivity index (χ0v) is 15.2. The largest absolute Gasteiger partial charge is 0.351 e. The predicted octanol–water partition coefficient (Wildman–Crippen LogP) is 3.11. The number of halogens is 1. The number of nitrogens with zero attached hydrogens (tertiary/aromatic N) is 1. The lowest BCUT2D eigenvalue weighted by Gasteiger charge is -2.32. The Bertz CT molecular complexity index is 672. The molecule has 1 saturated carbocycles. The standard InChI is InChI=1S/C19H24ClN3O2/c1-13-4-2-3-5-16(13)21-18(24)12-23-19(25)11-10-17(22-23)14-6-8-15(20)9-7-14/h6-10,13,16,22H,2-5,11-12H2,1H3,(H,21,24). The fraction of sp³-hybridized carbons (Fsp3) is 0.474. The quantitative estimate of drug-likeness (QED) is 0.866. The van der Waals surface area contributed by atoms with Gasteiger partial charge >= 0.3 is 0 Å². The number of rotatable bonds is 4. The summed E-state index contributed by atoms with van der Waals surface area (Å²) >= 11 is 5.92. The molecule has 2 amide bonds. The minimum absolute atomic E-state index is 0.0208. The van der Waals surface area contributed by atoms with Crippen LogP contribution >= 0.6 is 11.6 Å². The van der Waals surface area contributed by atoms with Gasteiger partial charge in [0.25, 0.3) is 0 Å². The van der Waals surface area contributed by atoms with Crippen molar-refractivity contribution >= 4 is 29.1 Å². The summed E-state index contributed by atoms with van der Waals surface area (Å²) in [5.41, 5.74) is 4.81. The molecule has 134 valence electrons. The molecular formula is C19H24ClN3O2. The second-order valence-electron chi connectivity index (χ2n) is 6.86. The molecule has 1 fully saturated rings. The molecule has 6 heteroatoms. The van der Waals surface area contributed by atoms with Crippen LogP contribution in [0.1, 0.15) is 44.6 Å². The molecule has 3 rings (SSSR count). The molecule has 1 aliphatic carbocycles. The van der Waals surface area contributed by atoms with E-state index in [1.165, 1.54) is 11.4 Å². The predicted molar refractivity (Wildman–Crippen MR) is 98.5 cm³/mol. The number of hydrazine groups is 1. The lowest BCUT2D eigenvalue weighted by atomic mass is 9.86. The molecular weight excluding hydrogens is 338 g/mol. The van der Waals surface area contributed by atoms with Gasteiger partial charge in [0.1, 0.15) is 6.54 Å². The van der Waals surface area contributed by atoms with Gasteiger partial charge in [-0.2, -0.15) is 0 Å². The average Bonchev–Trinajstić information content (AvgIpc) is 2.60. The highest BCUT2D eigenvalue weighted by molar-refractivity contribution is 6.30. The summed E-state index contributed by atoms with van der Waals surface area (Å²) < 4.78 is 0. The average molecular weight is 362 g/mol. The van der Waals surface area contributed by atoms with Crippen molar-refractivity contribution in [3.63, 3.8) is 0 Å². The maximum Gasteiger partial charge on any atom is 0.245 e. The van der Waals surface area contributed by atoms with Gasteiger partial charge in [-0.1, -0.05) is 43.5 Å². The van der Waals surface area contributed by atoms with Crippen molar-refractivity contribution in [1.82, 2.24) is 15.8 Å². The Morgan fingerprint density at radius 2 is 2.00 bits per heavy atom. The lowest BCUT2D eigenvalue weighted by Crippen LogP contribution is -2.51. The first kappa shape index (κ1) is 17.8. The van der Waals surface area contributed by atoms with E-state index in [1.807, 2.05) is 18.2 Å². The summed E-state index contributed by atoms with van der Waals surface area (Å²) in [6.07, 6.45) is 6.66. The maximum absolute atomic E-state index is 12.4. The van der Waals surface area contributed by atoms with Crippen molar-refractivity contribution in [2.45, 2.75) is 45.1 Å². The fourth-order valence-electron chi connectivity index (χ4n) is 3.42. The number of hydrogen-bond donors (Lipinski definition) is 2. The van der Waals surface area contributed by atoms with Gasteiger partial charge in [0.05, 0.1) is 5.70 Å². The van der Waals surface area contributed by atoms with Crippen molar-refractivity contribution in [1.29, 1.82) is 0 Å². The molecule has 2 atom stereocenters. The zero-order chi connectivity index (χ0) is 17.8. The minimum atomic E-state index is -0.114. The molecule has 0 radical (unpaired) electrons. The van der Waals surface area contributed by atoms with Crippen molar-refractivity contribution in [3.8, 4) is 0 Å². The molecule has 2 N–H and O–H groups in total. The van der Waals surface area contributed by atoms with Crippen molar-refractivity contribution in [2.75, 3.05) is 6.54 Å². The van der Waals surface area contributed by atoms with E-state index in [4.69, 9.17) is 11.6 Å². The van der Waals surface area contributed by atoms with Crippen LogP contribution in [0.15, 0.2) is 30.3 Å². The van der Waals surface area contributed by atoms with Gasteiger partial charge in [0.2, 0.25) is 11.8 Å². The Morgan fingerprint density at radius 3 is 2.72 bits per heavy atom. The minimum Gasteiger partial charge on any atom is -0.351 e. The van der Waals surface area contributed by atoms with Gasteiger partial charge in [0, 0.05) is 17.5 Å². The first-order valence-corrected chi connectivity index (χ1v) is 9.23. The van der Waals surface area contributed by atoms with Crippen LogP contribution < -0.4 is 10.7 Å². The summed E-state index contributed by atoms with van der Waals surface area (Å²) in [5.74, 6) is 0.272. The molecule has 0 spiro atoms. The third-order valence-corrected chi connectivity index (χ3v) is 5.20. The van der Waals surface area contributed by atoms with E-state index in [0.717, 1.165) is 30.5 Å². The first-order chi connectivity index (χ1) is 12.0. The Morgan fingerprint density at radius 1 is 1.28 bits per heavy atom. The van der Waals surface area contributed by atoms with E-state index in [0.29, 0.717) is 10.9 Å². The summed E-state index contributed by atoms with van der Waals surface area (Å²) in [6.45, 7) is 2.20. The summed E-state index contributed by atoms with van der Waals surface area (Å²) in [5, 5.41) is 5.15. The van der Waals surface area contributed by atoms with E-state index in [1.54, 1.807) is 12.1 Å². The molecule has 1 heterocycles. The van der Waals surface area contributed by atoms with Crippen LogP contribution in [0, 0.1) is 5.92 Å². The fourth-order valence-corrected chi connectivity index (χ4v) is 3.55. The van der Waals surface area contributed by atoms with E-state index < -0.39 is 0 Å². The Labute approximate surface area is 153 Å². The highest BCUT2D eigenvalue weighted by atomic mass is 35.5. The summed E-state index contributed by atoms with van der Waals surface area (Å²) in [6, 6.07) is 7.60. The monoisotopic (exact) mass is 361 g/mol. The number of nitrogens with one attached hydrogen (secondary N) is 2. The van der Waals surface area contributed by atoms with Crippen LogP contribution in [0.2, 0.25) is 5.02 Å². The zero-order valence-electron chi connectivity index (χ0n) is 14.4. The van der Waals surface area contributed by atoms with Crippen LogP contribution in [0.4, 0.5) is 0 Å². The van der Waals surface area contributed by atoms with Crippen molar-refractivity contribution in [3.05, 3.63) is 40.9 Å². The van der Waals surface area contributed by atoms with Gasteiger partial charge in [-0.3, -0.25) is 15.0 Å². The number of carbonyl (C=O) groups excluding carboxylic acids is 2. The highest BCUT2D eigenvalue weighted by Gasteiger charge is 2.26. The Balaban J connectivity index is 1.60. The molecule has 2 aliphatic rings. The van der Waals surface area contributed by atoms with Gasteiger partial charge in [0.15, 0.2) is 0 Å². The van der Waals surface area contributed by atoms with Crippen LogP contribution in [0.3, 0.4) is 0 Å². The number of benzene rings is 1. The molecule has 0 aromatic heterocycles. The van der Waals surface area contributed by atoms with E-state index in [2.05, 4.69) is 17.7 Å². The highest BCUT2D eigenvalue weighted by Crippen LogP contribution is 2.24. The van der Waals surface area contributed by atoms with Crippen LogP contribution in [-0.2, 0) is 9.59 Å².